The van der Waals surface area contributed by atoms with Crippen molar-refractivity contribution in [2.24, 2.45) is 0 Å². The Balaban J connectivity index is 3.13. The lowest BCUT2D eigenvalue weighted by atomic mass is 10.1. The summed E-state index contributed by atoms with van der Waals surface area (Å²) in [6, 6.07) is 0.793. The number of hydrogen-bond acceptors (Lipinski definition) is 3. The van der Waals surface area contributed by atoms with Gasteiger partial charge in [-0.1, -0.05) is 5.92 Å². The first kappa shape index (κ1) is 12.0. The average molecular weight is 229 g/mol. The van der Waals surface area contributed by atoms with Crippen LogP contribution in [-0.4, -0.2) is 18.1 Å². The van der Waals surface area contributed by atoms with E-state index in [2.05, 4.69) is 15.6 Å². The molecule has 1 aromatic rings. The molecule has 0 aromatic carbocycles. The number of alkyl halides is 3. The topological polar surface area (TPSA) is 39.2 Å². The number of carbonyl (C=O) groups is 1. The minimum atomic E-state index is -4.52. The van der Waals surface area contributed by atoms with Gasteiger partial charge in [-0.2, -0.15) is 13.2 Å². The van der Waals surface area contributed by atoms with Gasteiger partial charge in [-0.3, -0.25) is 4.98 Å². The highest BCUT2D eigenvalue weighted by Crippen LogP contribution is 2.30. The molecule has 3 nitrogen and oxygen atoms in total. The van der Waals surface area contributed by atoms with Crippen molar-refractivity contribution in [1.82, 2.24) is 4.98 Å². The largest absolute Gasteiger partial charge is 0.459 e. The third kappa shape index (κ3) is 2.98. The first-order chi connectivity index (χ1) is 7.45. The van der Waals surface area contributed by atoms with Crippen molar-refractivity contribution in [2.45, 2.75) is 6.18 Å². The van der Waals surface area contributed by atoms with Gasteiger partial charge >= 0.3 is 12.1 Å². The molecule has 0 aliphatic rings. The van der Waals surface area contributed by atoms with Gasteiger partial charge in [-0.05, 0) is 6.07 Å². The third-order valence-electron chi connectivity index (χ3n) is 1.61. The average Bonchev–Trinajstić information content (AvgIpc) is 2.25. The van der Waals surface area contributed by atoms with Crippen LogP contribution in [0.1, 0.15) is 11.1 Å². The van der Waals surface area contributed by atoms with Crippen molar-refractivity contribution in [3.8, 4) is 11.8 Å². The minimum Gasteiger partial charge on any atom is -0.459 e. The summed E-state index contributed by atoms with van der Waals surface area (Å²) in [7, 11) is 1.09. The summed E-state index contributed by atoms with van der Waals surface area (Å²) in [6.45, 7) is 0. The molecule has 84 valence electrons. The highest BCUT2D eigenvalue weighted by atomic mass is 19.4. The second-order valence-electron chi connectivity index (χ2n) is 2.66. The second kappa shape index (κ2) is 4.66. The van der Waals surface area contributed by atoms with E-state index in [4.69, 9.17) is 0 Å². The number of esters is 1. The molecule has 0 radical (unpaired) electrons. The summed E-state index contributed by atoms with van der Waals surface area (Å²) in [5, 5.41) is 0. The van der Waals surface area contributed by atoms with E-state index in [9.17, 15) is 18.0 Å². The predicted molar refractivity (Wildman–Crippen MR) is 48.1 cm³/mol. The fourth-order valence-corrected chi connectivity index (χ4v) is 0.911. The third-order valence-corrected chi connectivity index (χ3v) is 1.61. The van der Waals surface area contributed by atoms with Crippen molar-refractivity contribution in [2.75, 3.05) is 7.11 Å². The van der Waals surface area contributed by atoms with E-state index in [-0.39, 0.29) is 5.56 Å². The van der Waals surface area contributed by atoms with Crippen LogP contribution in [0.15, 0.2) is 18.5 Å². The number of hydrogen-bond donors (Lipinski definition) is 0. The van der Waals surface area contributed by atoms with Crippen LogP contribution < -0.4 is 0 Å². The van der Waals surface area contributed by atoms with Gasteiger partial charge in [0, 0.05) is 18.3 Å². The summed E-state index contributed by atoms with van der Waals surface area (Å²) in [6.07, 6.45) is -2.58. The fourth-order valence-electron chi connectivity index (χ4n) is 0.911. The van der Waals surface area contributed by atoms with Crippen LogP contribution in [0.3, 0.4) is 0 Å². The van der Waals surface area contributed by atoms with Gasteiger partial charge in [0.2, 0.25) is 0 Å². The van der Waals surface area contributed by atoms with Crippen LogP contribution in [-0.2, 0) is 15.7 Å². The van der Waals surface area contributed by atoms with E-state index < -0.39 is 17.7 Å². The summed E-state index contributed by atoms with van der Waals surface area (Å²) in [5.74, 6) is 3.07. The summed E-state index contributed by atoms with van der Waals surface area (Å²) in [4.78, 5) is 14.2. The van der Waals surface area contributed by atoms with Crippen molar-refractivity contribution in [1.29, 1.82) is 0 Å². The molecule has 0 spiro atoms. The maximum atomic E-state index is 12.4. The molecule has 1 aromatic heterocycles. The number of rotatable bonds is 0. The Morgan fingerprint density at radius 3 is 2.75 bits per heavy atom. The fraction of sp³-hybridized carbons (Fsp3) is 0.200. The number of ether oxygens (including phenoxy) is 1. The summed E-state index contributed by atoms with van der Waals surface area (Å²) < 4.78 is 41.5. The lowest BCUT2D eigenvalue weighted by Gasteiger charge is -2.07. The number of methoxy groups -OCH3 is 1. The van der Waals surface area contributed by atoms with Crippen LogP contribution in [0.5, 0.6) is 0 Å². The van der Waals surface area contributed by atoms with Crippen LogP contribution in [0, 0.1) is 11.8 Å². The van der Waals surface area contributed by atoms with E-state index in [0.29, 0.717) is 0 Å². The number of aromatic nitrogens is 1. The van der Waals surface area contributed by atoms with Crippen LogP contribution in [0.2, 0.25) is 0 Å². The van der Waals surface area contributed by atoms with E-state index >= 15 is 0 Å². The van der Waals surface area contributed by atoms with Gasteiger partial charge in [0.25, 0.3) is 0 Å². The van der Waals surface area contributed by atoms with E-state index in [1.807, 2.05) is 5.92 Å². The summed E-state index contributed by atoms with van der Waals surface area (Å²) in [5.41, 5.74) is -1.29. The Labute approximate surface area is 89.2 Å². The predicted octanol–water partition coefficient (Wildman–Crippen LogP) is 1.62. The van der Waals surface area contributed by atoms with Crippen LogP contribution in [0.25, 0.3) is 0 Å². The molecule has 1 rings (SSSR count). The molecule has 0 fully saturated rings. The van der Waals surface area contributed by atoms with Crippen molar-refractivity contribution in [3.63, 3.8) is 0 Å². The first-order valence-corrected chi connectivity index (χ1v) is 4.06. The molecule has 0 bridgehead atoms. The zero-order valence-corrected chi connectivity index (χ0v) is 8.13. The van der Waals surface area contributed by atoms with Gasteiger partial charge < -0.3 is 4.74 Å². The second-order valence-corrected chi connectivity index (χ2v) is 2.66. The van der Waals surface area contributed by atoms with Gasteiger partial charge in [0.15, 0.2) is 0 Å². The van der Waals surface area contributed by atoms with Crippen molar-refractivity contribution in [3.05, 3.63) is 29.6 Å². The molecule has 0 aliphatic heterocycles. The SMILES string of the molecule is COC(=O)C#Cc1cnccc1C(F)(F)F. The molecule has 0 atom stereocenters. The molecule has 0 saturated heterocycles. The Morgan fingerprint density at radius 1 is 1.50 bits per heavy atom. The maximum Gasteiger partial charge on any atom is 0.417 e. The maximum absolute atomic E-state index is 12.4. The van der Waals surface area contributed by atoms with E-state index in [0.717, 1.165) is 25.6 Å². The quantitative estimate of drug-likeness (QED) is 0.501. The van der Waals surface area contributed by atoms with Crippen molar-refractivity contribution < 1.29 is 22.7 Å². The van der Waals surface area contributed by atoms with Gasteiger partial charge in [0.05, 0.1) is 18.2 Å². The molecule has 0 N–H and O–H groups in total. The molecule has 1 heterocycles. The van der Waals surface area contributed by atoms with Gasteiger partial charge in [-0.15, -0.1) is 0 Å². The monoisotopic (exact) mass is 229 g/mol. The first-order valence-electron chi connectivity index (χ1n) is 4.06. The molecule has 0 saturated carbocycles. The number of pyridine rings is 1. The van der Waals surface area contributed by atoms with Crippen LogP contribution >= 0.6 is 0 Å². The normalized spacial score (nSPS) is 10.2. The zero-order chi connectivity index (χ0) is 12.2. The van der Waals surface area contributed by atoms with E-state index in [1.165, 1.54) is 0 Å². The van der Waals surface area contributed by atoms with Crippen LogP contribution in [0.4, 0.5) is 13.2 Å². The zero-order valence-electron chi connectivity index (χ0n) is 8.13. The molecule has 0 amide bonds. The number of halogens is 3. The minimum absolute atomic E-state index is 0.361. The lowest BCUT2D eigenvalue weighted by molar-refractivity contribution is -0.138. The molecule has 0 unspecified atom stereocenters. The van der Waals surface area contributed by atoms with E-state index in [1.54, 1.807) is 0 Å². The molecular formula is C10H6F3NO2. The Bertz CT molecular complexity index is 457. The summed E-state index contributed by atoms with van der Waals surface area (Å²) >= 11 is 0. The molecular weight excluding hydrogens is 223 g/mol. The Kier molecular flexibility index (Phi) is 3.51. The molecule has 6 heteroatoms. The molecule has 0 aliphatic carbocycles. The highest BCUT2D eigenvalue weighted by Gasteiger charge is 2.32. The highest BCUT2D eigenvalue weighted by molar-refractivity contribution is 5.89. The number of carbonyl (C=O) groups excluding carboxylic acids is 1. The standard InChI is InChI=1S/C10H6F3NO2/c1-16-9(15)3-2-7-6-14-5-4-8(7)10(11,12)13/h4-6H,1H3. The lowest BCUT2D eigenvalue weighted by Crippen LogP contribution is -2.08. The molecule has 16 heavy (non-hydrogen) atoms. The smallest absolute Gasteiger partial charge is 0.417 e. The Morgan fingerprint density at radius 2 is 2.19 bits per heavy atom. The number of nitrogens with zero attached hydrogens (tertiary/aromatic N) is 1. The van der Waals surface area contributed by atoms with Crippen molar-refractivity contribution >= 4 is 5.97 Å². The van der Waals surface area contributed by atoms with Gasteiger partial charge in [0.1, 0.15) is 0 Å². The van der Waals surface area contributed by atoms with Gasteiger partial charge in [-0.25, -0.2) is 4.79 Å². The Hall–Kier alpha value is -2.03.